The average Bonchev–Trinajstić information content (AvgIpc) is 3.42. The fraction of sp³-hybridized carbons (Fsp3) is 0.409. The molecular weight excluding hydrogens is 418 g/mol. The third kappa shape index (κ3) is 4.76. The van der Waals surface area contributed by atoms with Gasteiger partial charge in [-0.25, -0.2) is 0 Å². The number of amides is 2. The predicted octanol–water partition coefficient (Wildman–Crippen LogP) is 1.75. The molecule has 1 saturated heterocycles. The summed E-state index contributed by atoms with van der Waals surface area (Å²) in [4.78, 5) is 40.9. The molecule has 10 nitrogen and oxygen atoms in total. The van der Waals surface area contributed by atoms with Gasteiger partial charge in [0.05, 0.1) is 12.2 Å². The van der Waals surface area contributed by atoms with Crippen LogP contribution in [-0.4, -0.2) is 74.0 Å². The minimum absolute atomic E-state index is 0.0821. The van der Waals surface area contributed by atoms with Crippen LogP contribution >= 0.6 is 0 Å². The van der Waals surface area contributed by atoms with E-state index in [9.17, 15) is 14.4 Å². The lowest BCUT2D eigenvalue weighted by atomic mass is 10.1. The van der Waals surface area contributed by atoms with E-state index >= 15 is 0 Å². The first-order valence-electron chi connectivity index (χ1n) is 10.3. The van der Waals surface area contributed by atoms with Gasteiger partial charge in [-0.15, -0.1) is 0 Å². The molecule has 0 spiro atoms. The molecule has 1 fully saturated rings. The molecule has 2 aromatic rings. The number of Topliss-reactive ketones (excluding diaryl/α,β-unsaturated/α-hetero) is 1. The molecule has 0 atom stereocenters. The van der Waals surface area contributed by atoms with Crippen molar-refractivity contribution in [2.24, 2.45) is 0 Å². The summed E-state index contributed by atoms with van der Waals surface area (Å²) in [6.07, 6.45) is 0. The lowest BCUT2D eigenvalue weighted by Gasteiger charge is -2.33. The van der Waals surface area contributed by atoms with Gasteiger partial charge in [0.2, 0.25) is 12.7 Å². The average molecular weight is 443 g/mol. The fourth-order valence-corrected chi connectivity index (χ4v) is 3.71. The lowest BCUT2D eigenvalue weighted by molar-refractivity contribution is -0.117. The molecular formula is C22H25N3O7. The second-order valence-electron chi connectivity index (χ2n) is 7.62. The van der Waals surface area contributed by atoms with Gasteiger partial charge in [0.15, 0.2) is 23.0 Å². The Kier molecular flexibility index (Phi) is 6.42. The van der Waals surface area contributed by atoms with Crippen LogP contribution in [0.15, 0.2) is 28.7 Å². The van der Waals surface area contributed by atoms with Crippen LogP contribution in [0.1, 0.15) is 33.6 Å². The van der Waals surface area contributed by atoms with E-state index in [-0.39, 0.29) is 36.7 Å². The summed E-state index contributed by atoms with van der Waals surface area (Å²) >= 11 is 0. The zero-order chi connectivity index (χ0) is 22.7. The van der Waals surface area contributed by atoms with Crippen molar-refractivity contribution in [1.29, 1.82) is 0 Å². The van der Waals surface area contributed by atoms with Gasteiger partial charge in [-0.05, 0) is 25.1 Å². The van der Waals surface area contributed by atoms with Crippen LogP contribution in [0.25, 0.3) is 0 Å². The van der Waals surface area contributed by atoms with Gasteiger partial charge in [0, 0.05) is 44.9 Å². The molecule has 2 amide bonds. The number of ketones is 1. The molecule has 2 aliphatic rings. The maximum Gasteiger partial charge on any atom is 0.289 e. The number of nitrogens with zero attached hydrogens (tertiary/aromatic N) is 2. The Balaban J connectivity index is 1.31. The Labute approximate surface area is 185 Å². The highest BCUT2D eigenvalue weighted by molar-refractivity contribution is 6.05. The molecule has 32 heavy (non-hydrogen) atoms. The molecule has 1 N–H and O–H groups in total. The van der Waals surface area contributed by atoms with Crippen molar-refractivity contribution < 1.29 is 33.0 Å². The third-order valence-corrected chi connectivity index (χ3v) is 5.35. The number of rotatable bonds is 7. The topological polar surface area (TPSA) is 111 Å². The highest BCUT2D eigenvalue weighted by Gasteiger charge is 2.26. The van der Waals surface area contributed by atoms with Crippen molar-refractivity contribution in [3.63, 3.8) is 0 Å². The van der Waals surface area contributed by atoms with Crippen LogP contribution in [0.3, 0.4) is 0 Å². The van der Waals surface area contributed by atoms with E-state index in [1.165, 1.54) is 6.92 Å². The van der Waals surface area contributed by atoms with Gasteiger partial charge < -0.3 is 28.8 Å². The quantitative estimate of drug-likeness (QED) is 0.645. The minimum Gasteiger partial charge on any atom is -0.454 e. The maximum atomic E-state index is 12.6. The second-order valence-corrected chi connectivity index (χ2v) is 7.62. The Bertz CT molecular complexity index is 1020. The number of methoxy groups -OCH3 is 1. The largest absolute Gasteiger partial charge is 0.454 e. The van der Waals surface area contributed by atoms with E-state index in [1.807, 2.05) is 4.90 Å². The number of piperazine rings is 1. The van der Waals surface area contributed by atoms with Crippen LogP contribution in [0.4, 0.5) is 5.69 Å². The van der Waals surface area contributed by atoms with E-state index in [0.29, 0.717) is 61.3 Å². The molecule has 1 aromatic carbocycles. The Hall–Kier alpha value is -3.37. The second kappa shape index (κ2) is 9.41. The number of ether oxygens (including phenoxy) is 3. The van der Waals surface area contributed by atoms with Crippen molar-refractivity contribution in [3.8, 4) is 11.5 Å². The molecule has 170 valence electrons. The first-order valence-corrected chi connectivity index (χ1v) is 10.3. The molecule has 10 heteroatoms. The summed E-state index contributed by atoms with van der Waals surface area (Å²) in [6, 6.07) is 6.56. The van der Waals surface area contributed by atoms with Crippen LogP contribution in [0.2, 0.25) is 0 Å². The summed E-state index contributed by atoms with van der Waals surface area (Å²) in [6.45, 7) is 4.03. The third-order valence-electron chi connectivity index (χ3n) is 5.35. The SMILES string of the molecule is COCc1ccc(C(=O)N2CCN(CC(=O)Nc3cc4c(cc3C(C)=O)OCO4)CC2)o1. The van der Waals surface area contributed by atoms with Gasteiger partial charge in [-0.3, -0.25) is 19.3 Å². The molecule has 0 saturated carbocycles. The van der Waals surface area contributed by atoms with Gasteiger partial charge >= 0.3 is 0 Å². The van der Waals surface area contributed by atoms with Crippen molar-refractivity contribution in [2.45, 2.75) is 13.5 Å². The van der Waals surface area contributed by atoms with E-state index in [1.54, 1.807) is 36.3 Å². The van der Waals surface area contributed by atoms with Gasteiger partial charge in [-0.1, -0.05) is 0 Å². The first-order chi connectivity index (χ1) is 15.4. The molecule has 0 aliphatic carbocycles. The zero-order valence-electron chi connectivity index (χ0n) is 18.0. The lowest BCUT2D eigenvalue weighted by Crippen LogP contribution is -2.50. The van der Waals surface area contributed by atoms with Crippen LogP contribution in [-0.2, 0) is 16.1 Å². The summed E-state index contributed by atoms with van der Waals surface area (Å²) in [7, 11) is 1.56. The van der Waals surface area contributed by atoms with Gasteiger partial charge in [-0.2, -0.15) is 0 Å². The summed E-state index contributed by atoms with van der Waals surface area (Å²) in [5, 5.41) is 2.80. The molecule has 0 bridgehead atoms. The molecule has 3 heterocycles. The van der Waals surface area contributed by atoms with E-state index in [2.05, 4.69) is 5.32 Å². The van der Waals surface area contributed by atoms with Crippen LogP contribution < -0.4 is 14.8 Å². The van der Waals surface area contributed by atoms with E-state index in [0.717, 1.165) is 0 Å². The van der Waals surface area contributed by atoms with Crippen molar-refractivity contribution >= 4 is 23.3 Å². The fourth-order valence-electron chi connectivity index (χ4n) is 3.71. The van der Waals surface area contributed by atoms with Crippen molar-refractivity contribution in [1.82, 2.24) is 9.80 Å². The predicted molar refractivity (Wildman–Crippen MR) is 113 cm³/mol. The van der Waals surface area contributed by atoms with Crippen LogP contribution in [0, 0.1) is 0 Å². The van der Waals surface area contributed by atoms with E-state index in [4.69, 9.17) is 18.6 Å². The highest BCUT2D eigenvalue weighted by Crippen LogP contribution is 2.37. The summed E-state index contributed by atoms with van der Waals surface area (Å²) < 4.78 is 21.2. The van der Waals surface area contributed by atoms with Crippen molar-refractivity contribution in [2.75, 3.05) is 51.9 Å². The number of fused-ring (bicyclic) bond motifs is 1. The normalized spacial score (nSPS) is 15.6. The maximum absolute atomic E-state index is 12.6. The van der Waals surface area contributed by atoms with E-state index < -0.39 is 0 Å². The molecule has 2 aliphatic heterocycles. The van der Waals surface area contributed by atoms with Crippen LogP contribution in [0.5, 0.6) is 11.5 Å². The van der Waals surface area contributed by atoms with Gasteiger partial charge in [0.25, 0.3) is 5.91 Å². The Morgan fingerprint density at radius 1 is 1.06 bits per heavy atom. The first kappa shape index (κ1) is 21.8. The number of nitrogens with one attached hydrogen (secondary N) is 1. The van der Waals surface area contributed by atoms with Gasteiger partial charge in [0.1, 0.15) is 12.4 Å². The molecule has 0 unspecified atom stereocenters. The minimum atomic E-state index is -0.249. The smallest absolute Gasteiger partial charge is 0.289 e. The summed E-state index contributed by atoms with van der Waals surface area (Å²) in [5.74, 6) is 1.24. The number of hydrogen-bond donors (Lipinski definition) is 1. The highest BCUT2D eigenvalue weighted by atomic mass is 16.7. The molecule has 0 radical (unpaired) electrons. The number of hydrogen-bond acceptors (Lipinski definition) is 8. The summed E-state index contributed by atoms with van der Waals surface area (Å²) in [5.41, 5.74) is 0.759. The molecule has 1 aromatic heterocycles. The van der Waals surface area contributed by atoms with Crippen molar-refractivity contribution in [3.05, 3.63) is 41.3 Å². The number of carbonyl (C=O) groups is 3. The number of furan rings is 1. The monoisotopic (exact) mass is 443 g/mol. The number of carbonyl (C=O) groups excluding carboxylic acids is 3. The Morgan fingerprint density at radius 3 is 2.47 bits per heavy atom. The zero-order valence-corrected chi connectivity index (χ0v) is 18.0. The molecule has 4 rings (SSSR count). The number of anilines is 1. The standard InChI is InChI=1S/C22H25N3O7/c1-14(26)16-9-19-20(31-13-30-19)10-17(16)23-21(27)11-24-5-7-25(8-6-24)22(28)18-4-3-15(32-18)12-29-2/h3-4,9-10H,5-8,11-13H2,1-2H3,(H,23,27). The Morgan fingerprint density at radius 2 is 1.78 bits per heavy atom. The number of benzene rings is 1.